The zero-order valence-electron chi connectivity index (χ0n) is 7.14. The molecule has 0 aliphatic heterocycles. The van der Waals surface area contributed by atoms with Crippen LogP contribution in [0.5, 0.6) is 0 Å². The van der Waals surface area contributed by atoms with Gasteiger partial charge in [-0.3, -0.25) is 14.2 Å². The van der Waals surface area contributed by atoms with E-state index in [2.05, 4.69) is 15.0 Å². The van der Waals surface area contributed by atoms with Gasteiger partial charge in [0.25, 0.3) is 5.56 Å². The van der Waals surface area contributed by atoms with E-state index in [-0.39, 0.29) is 5.56 Å². The summed E-state index contributed by atoms with van der Waals surface area (Å²) >= 11 is 0. The van der Waals surface area contributed by atoms with Crippen molar-refractivity contribution in [3.05, 3.63) is 41.1 Å². The van der Waals surface area contributed by atoms with Gasteiger partial charge in [0.2, 0.25) is 5.78 Å². The molecule has 0 aliphatic rings. The summed E-state index contributed by atoms with van der Waals surface area (Å²) in [6.45, 7) is 0. The summed E-state index contributed by atoms with van der Waals surface area (Å²) in [6.07, 6.45) is 5.04. The van der Waals surface area contributed by atoms with Gasteiger partial charge in [-0.2, -0.15) is 0 Å². The minimum Gasteiger partial charge on any atom is -0.291 e. The number of H-pyrrole nitrogens is 1. The number of fused-ring (bicyclic) bond motifs is 3. The van der Waals surface area contributed by atoms with Crippen LogP contribution in [0.2, 0.25) is 0 Å². The summed E-state index contributed by atoms with van der Waals surface area (Å²) in [5.74, 6) is 0.515. The van der Waals surface area contributed by atoms with E-state index < -0.39 is 0 Å². The van der Waals surface area contributed by atoms with E-state index in [1.807, 2.05) is 0 Å². The van der Waals surface area contributed by atoms with E-state index in [4.69, 9.17) is 0 Å². The lowest BCUT2D eigenvalue weighted by Crippen LogP contribution is -2.10. The fourth-order valence-electron chi connectivity index (χ4n) is 1.50. The Morgan fingerprint density at radius 2 is 2.21 bits per heavy atom. The van der Waals surface area contributed by atoms with Gasteiger partial charge in [-0.25, -0.2) is 9.97 Å². The van der Waals surface area contributed by atoms with E-state index in [9.17, 15) is 4.79 Å². The lowest BCUT2D eigenvalue weighted by molar-refractivity contribution is 1.10. The number of hydrogen-bond acceptors (Lipinski definition) is 3. The summed E-state index contributed by atoms with van der Waals surface area (Å²) in [5, 5.41) is 0.568. The summed E-state index contributed by atoms with van der Waals surface area (Å²) in [5.41, 5.74) is 0.468. The highest BCUT2D eigenvalue weighted by Gasteiger charge is 2.04. The first-order valence-electron chi connectivity index (χ1n) is 4.16. The first-order chi connectivity index (χ1) is 6.86. The van der Waals surface area contributed by atoms with E-state index in [1.165, 1.54) is 0 Å². The standard InChI is InChI=1S/C9H6N4O/c14-8-6-2-1-3-10-7(6)13-5-4-11-9(13)12-8/h1-5H,(H,11,12,14). The van der Waals surface area contributed by atoms with Crippen molar-refractivity contribution >= 4 is 16.8 Å². The maximum Gasteiger partial charge on any atom is 0.261 e. The average Bonchev–Trinajstić information content (AvgIpc) is 2.66. The number of nitrogens with one attached hydrogen (secondary N) is 1. The van der Waals surface area contributed by atoms with E-state index >= 15 is 0 Å². The lowest BCUT2D eigenvalue weighted by atomic mass is 10.3. The molecule has 0 bridgehead atoms. The molecule has 68 valence electrons. The van der Waals surface area contributed by atoms with Crippen molar-refractivity contribution in [1.82, 2.24) is 19.4 Å². The van der Waals surface area contributed by atoms with Gasteiger partial charge in [0.1, 0.15) is 0 Å². The van der Waals surface area contributed by atoms with Gasteiger partial charge < -0.3 is 0 Å². The second-order valence-corrected chi connectivity index (χ2v) is 2.95. The quantitative estimate of drug-likeness (QED) is 0.558. The molecular formula is C9H6N4O. The molecule has 0 spiro atoms. The van der Waals surface area contributed by atoms with Gasteiger partial charge in [0, 0.05) is 18.6 Å². The Labute approximate surface area is 78.1 Å². The second-order valence-electron chi connectivity index (χ2n) is 2.95. The van der Waals surface area contributed by atoms with Crippen LogP contribution in [0.15, 0.2) is 35.5 Å². The van der Waals surface area contributed by atoms with Crippen molar-refractivity contribution in [2.45, 2.75) is 0 Å². The topological polar surface area (TPSA) is 63.0 Å². The molecule has 3 aromatic heterocycles. The molecule has 3 heterocycles. The Balaban J connectivity index is 2.74. The molecule has 3 rings (SSSR count). The minimum atomic E-state index is -0.160. The number of nitrogens with zero attached hydrogens (tertiary/aromatic N) is 3. The number of pyridine rings is 1. The number of imidazole rings is 1. The van der Waals surface area contributed by atoms with Crippen molar-refractivity contribution in [1.29, 1.82) is 0 Å². The van der Waals surface area contributed by atoms with Gasteiger partial charge in [-0.05, 0) is 12.1 Å². The predicted octanol–water partition coefficient (Wildman–Crippen LogP) is 0.571. The first-order valence-corrected chi connectivity index (χ1v) is 4.16. The summed E-state index contributed by atoms with van der Waals surface area (Å²) in [7, 11) is 0. The fourth-order valence-corrected chi connectivity index (χ4v) is 1.50. The van der Waals surface area contributed by atoms with Gasteiger partial charge in [0.05, 0.1) is 5.39 Å². The Morgan fingerprint density at radius 3 is 3.14 bits per heavy atom. The van der Waals surface area contributed by atoms with Crippen molar-refractivity contribution in [3.8, 4) is 0 Å². The molecule has 14 heavy (non-hydrogen) atoms. The molecule has 0 amide bonds. The van der Waals surface area contributed by atoms with E-state index in [1.54, 1.807) is 35.1 Å². The number of hydrogen-bond donors (Lipinski definition) is 1. The van der Waals surface area contributed by atoms with Crippen LogP contribution in [0, 0.1) is 0 Å². The molecule has 0 saturated heterocycles. The fraction of sp³-hybridized carbons (Fsp3) is 0. The number of aromatic nitrogens is 4. The van der Waals surface area contributed by atoms with Gasteiger partial charge >= 0.3 is 0 Å². The largest absolute Gasteiger partial charge is 0.291 e. The average molecular weight is 186 g/mol. The molecule has 5 heteroatoms. The lowest BCUT2D eigenvalue weighted by Gasteiger charge is -1.98. The molecule has 0 atom stereocenters. The molecular weight excluding hydrogens is 180 g/mol. The highest BCUT2D eigenvalue weighted by Crippen LogP contribution is 2.06. The normalized spacial score (nSPS) is 11.1. The zero-order chi connectivity index (χ0) is 9.54. The van der Waals surface area contributed by atoms with Crippen molar-refractivity contribution < 1.29 is 0 Å². The van der Waals surface area contributed by atoms with Crippen molar-refractivity contribution in [2.24, 2.45) is 0 Å². The maximum absolute atomic E-state index is 11.5. The molecule has 0 aromatic carbocycles. The van der Waals surface area contributed by atoms with E-state index in [0.717, 1.165) is 0 Å². The Kier molecular flexibility index (Phi) is 1.25. The summed E-state index contributed by atoms with van der Waals surface area (Å²) in [6, 6.07) is 3.47. The molecule has 3 aromatic rings. The Bertz CT molecular complexity index is 667. The van der Waals surface area contributed by atoms with Gasteiger partial charge in [0.15, 0.2) is 5.65 Å². The molecule has 0 unspecified atom stereocenters. The predicted molar refractivity (Wildman–Crippen MR) is 51.1 cm³/mol. The molecule has 0 radical (unpaired) electrons. The Morgan fingerprint density at radius 1 is 1.29 bits per heavy atom. The van der Waals surface area contributed by atoms with Crippen molar-refractivity contribution in [2.75, 3.05) is 0 Å². The van der Waals surface area contributed by atoms with Gasteiger partial charge in [-0.15, -0.1) is 0 Å². The molecule has 5 nitrogen and oxygen atoms in total. The van der Waals surface area contributed by atoms with Crippen LogP contribution in [-0.4, -0.2) is 19.4 Å². The third-order valence-electron chi connectivity index (χ3n) is 2.13. The molecule has 0 saturated carbocycles. The first kappa shape index (κ1) is 7.25. The summed E-state index contributed by atoms with van der Waals surface area (Å²) < 4.78 is 1.75. The second kappa shape index (κ2) is 2.41. The minimum absolute atomic E-state index is 0.160. The molecule has 0 aliphatic carbocycles. The highest BCUT2D eigenvalue weighted by molar-refractivity contribution is 5.75. The molecule has 0 fully saturated rings. The van der Waals surface area contributed by atoms with Crippen LogP contribution in [-0.2, 0) is 0 Å². The maximum atomic E-state index is 11.5. The van der Waals surface area contributed by atoms with Crippen LogP contribution >= 0.6 is 0 Å². The van der Waals surface area contributed by atoms with Crippen molar-refractivity contribution in [3.63, 3.8) is 0 Å². The zero-order valence-corrected chi connectivity index (χ0v) is 7.14. The smallest absolute Gasteiger partial charge is 0.261 e. The van der Waals surface area contributed by atoms with Crippen LogP contribution in [0.25, 0.3) is 16.8 Å². The monoisotopic (exact) mass is 186 g/mol. The number of rotatable bonds is 0. The van der Waals surface area contributed by atoms with Crippen LogP contribution < -0.4 is 5.56 Å². The van der Waals surface area contributed by atoms with Crippen LogP contribution in [0.3, 0.4) is 0 Å². The van der Waals surface area contributed by atoms with Crippen LogP contribution in [0.4, 0.5) is 0 Å². The van der Waals surface area contributed by atoms with Crippen LogP contribution in [0.1, 0.15) is 0 Å². The summed E-state index contributed by atoms with van der Waals surface area (Å²) in [4.78, 5) is 22.4. The number of aromatic amines is 1. The Hall–Kier alpha value is -2.17. The third-order valence-corrected chi connectivity index (χ3v) is 2.13. The molecule has 1 N–H and O–H groups in total. The van der Waals surface area contributed by atoms with Gasteiger partial charge in [-0.1, -0.05) is 0 Å². The SMILES string of the molecule is O=c1[nH]c2nccn2c2ncccc12. The highest BCUT2D eigenvalue weighted by atomic mass is 16.1. The van der Waals surface area contributed by atoms with E-state index in [0.29, 0.717) is 16.8 Å². The third kappa shape index (κ3) is 0.806.